The average Bonchev–Trinajstić information content (AvgIpc) is 2.64. The first-order valence-electron chi connectivity index (χ1n) is 9.21. The first-order chi connectivity index (χ1) is 12.6. The SMILES string of the molecule is COC(=O)COc1cc(C(=O)N(C)C2CCCCCCC2)ccc1OC. The maximum Gasteiger partial charge on any atom is 0.343 e. The Morgan fingerprint density at radius 3 is 2.31 bits per heavy atom. The molecule has 1 aliphatic rings. The number of rotatable bonds is 6. The molecule has 0 atom stereocenters. The second-order valence-electron chi connectivity index (χ2n) is 6.65. The van der Waals surface area contributed by atoms with E-state index in [2.05, 4.69) is 4.74 Å². The van der Waals surface area contributed by atoms with E-state index >= 15 is 0 Å². The predicted molar refractivity (Wildman–Crippen MR) is 98.7 cm³/mol. The number of carbonyl (C=O) groups is 2. The molecule has 0 heterocycles. The Morgan fingerprint density at radius 2 is 1.69 bits per heavy atom. The van der Waals surface area contributed by atoms with Crippen LogP contribution in [0.4, 0.5) is 0 Å². The molecule has 144 valence electrons. The van der Waals surface area contributed by atoms with E-state index in [0.717, 1.165) is 12.8 Å². The van der Waals surface area contributed by atoms with Gasteiger partial charge in [0, 0.05) is 18.7 Å². The van der Waals surface area contributed by atoms with Crippen LogP contribution in [0.25, 0.3) is 0 Å². The third-order valence-corrected chi connectivity index (χ3v) is 4.93. The van der Waals surface area contributed by atoms with E-state index in [1.807, 2.05) is 11.9 Å². The highest BCUT2D eigenvalue weighted by Gasteiger charge is 2.23. The molecule has 1 aromatic carbocycles. The first kappa shape index (κ1) is 20.1. The minimum absolute atomic E-state index is 0.0406. The van der Waals surface area contributed by atoms with Crippen LogP contribution in [0.2, 0.25) is 0 Å². The summed E-state index contributed by atoms with van der Waals surface area (Å²) in [5.41, 5.74) is 0.523. The summed E-state index contributed by atoms with van der Waals surface area (Å²) < 4.78 is 15.3. The zero-order valence-electron chi connectivity index (χ0n) is 16.0. The van der Waals surface area contributed by atoms with Crippen LogP contribution in [0.15, 0.2) is 18.2 Å². The quantitative estimate of drug-likeness (QED) is 0.725. The van der Waals surface area contributed by atoms with Gasteiger partial charge in [0.1, 0.15) is 0 Å². The van der Waals surface area contributed by atoms with E-state index in [1.54, 1.807) is 18.2 Å². The van der Waals surface area contributed by atoms with Crippen molar-refractivity contribution in [1.82, 2.24) is 4.90 Å². The zero-order chi connectivity index (χ0) is 18.9. The molecule has 0 aromatic heterocycles. The number of hydrogen-bond donors (Lipinski definition) is 0. The van der Waals surface area contributed by atoms with E-state index in [0.29, 0.717) is 17.1 Å². The highest BCUT2D eigenvalue weighted by Crippen LogP contribution is 2.29. The maximum absolute atomic E-state index is 12.9. The van der Waals surface area contributed by atoms with Crippen molar-refractivity contribution >= 4 is 11.9 Å². The molecule has 0 radical (unpaired) electrons. The van der Waals surface area contributed by atoms with Crippen molar-refractivity contribution in [1.29, 1.82) is 0 Å². The number of carbonyl (C=O) groups excluding carboxylic acids is 2. The van der Waals surface area contributed by atoms with Crippen molar-refractivity contribution in [3.8, 4) is 11.5 Å². The van der Waals surface area contributed by atoms with Crippen LogP contribution in [0.1, 0.15) is 55.3 Å². The summed E-state index contributed by atoms with van der Waals surface area (Å²) in [6, 6.07) is 5.31. The largest absolute Gasteiger partial charge is 0.493 e. The Morgan fingerprint density at radius 1 is 1.04 bits per heavy atom. The number of amides is 1. The molecule has 26 heavy (non-hydrogen) atoms. The first-order valence-corrected chi connectivity index (χ1v) is 9.21. The molecule has 0 N–H and O–H groups in total. The molecular formula is C20H29NO5. The molecule has 2 rings (SSSR count). The third-order valence-electron chi connectivity index (χ3n) is 4.93. The van der Waals surface area contributed by atoms with Gasteiger partial charge < -0.3 is 19.1 Å². The lowest BCUT2D eigenvalue weighted by Crippen LogP contribution is -2.37. The Bertz CT molecular complexity index is 608. The van der Waals surface area contributed by atoms with Gasteiger partial charge in [-0.05, 0) is 31.0 Å². The van der Waals surface area contributed by atoms with Crippen LogP contribution in [0.3, 0.4) is 0 Å². The van der Waals surface area contributed by atoms with Gasteiger partial charge >= 0.3 is 5.97 Å². The van der Waals surface area contributed by atoms with Gasteiger partial charge in [-0.25, -0.2) is 4.79 Å². The number of esters is 1. The van der Waals surface area contributed by atoms with E-state index in [4.69, 9.17) is 9.47 Å². The monoisotopic (exact) mass is 363 g/mol. The minimum atomic E-state index is -0.490. The topological polar surface area (TPSA) is 65.1 Å². The zero-order valence-corrected chi connectivity index (χ0v) is 16.0. The Hall–Kier alpha value is -2.24. The highest BCUT2D eigenvalue weighted by molar-refractivity contribution is 5.95. The molecule has 1 aromatic rings. The summed E-state index contributed by atoms with van der Waals surface area (Å²) in [5, 5.41) is 0. The van der Waals surface area contributed by atoms with Crippen molar-refractivity contribution in [2.45, 2.75) is 51.0 Å². The fraction of sp³-hybridized carbons (Fsp3) is 0.600. The molecule has 0 unspecified atom stereocenters. The summed E-state index contributed by atoms with van der Waals surface area (Å²) in [5.74, 6) is 0.297. The van der Waals surface area contributed by atoms with Crippen LogP contribution in [0, 0.1) is 0 Å². The molecule has 6 heteroatoms. The van der Waals surface area contributed by atoms with Crippen molar-refractivity contribution in [2.75, 3.05) is 27.9 Å². The Kier molecular flexibility index (Phi) is 7.75. The second kappa shape index (κ2) is 10.0. The van der Waals surface area contributed by atoms with Crippen molar-refractivity contribution in [2.24, 2.45) is 0 Å². The van der Waals surface area contributed by atoms with Crippen LogP contribution < -0.4 is 9.47 Å². The smallest absolute Gasteiger partial charge is 0.343 e. The number of benzene rings is 1. The molecular weight excluding hydrogens is 334 g/mol. The molecule has 6 nitrogen and oxygen atoms in total. The second-order valence-corrected chi connectivity index (χ2v) is 6.65. The van der Waals surface area contributed by atoms with Gasteiger partial charge in [0.2, 0.25) is 0 Å². The number of ether oxygens (including phenoxy) is 3. The standard InChI is InChI=1S/C20H29NO5/c1-21(16-9-7-5-4-6-8-10-16)20(23)15-11-12-17(24-2)18(13-15)26-14-19(22)25-3/h11-13,16H,4-10,14H2,1-3H3. The number of nitrogens with zero attached hydrogens (tertiary/aromatic N) is 1. The summed E-state index contributed by atoms with van der Waals surface area (Å²) in [7, 11) is 4.68. The summed E-state index contributed by atoms with van der Waals surface area (Å²) >= 11 is 0. The summed E-state index contributed by atoms with van der Waals surface area (Å²) in [6.45, 7) is -0.233. The van der Waals surface area contributed by atoms with Gasteiger partial charge in [0.25, 0.3) is 5.91 Å². The lowest BCUT2D eigenvalue weighted by Gasteiger charge is -2.30. The predicted octanol–water partition coefficient (Wildman–Crippen LogP) is 3.43. The molecule has 1 aliphatic carbocycles. The minimum Gasteiger partial charge on any atom is -0.493 e. The number of methoxy groups -OCH3 is 2. The Labute approximate surface area is 155 Å². The van der Waals surface area contributed by atoms with Gasteiger partial charge in [-0.3, -0.25) is 4.79 Å². The van der Waals surface area contributed by atoms with Crippen LogP contribution in [-0.4, -0.2) is 50.7 Å². The van der Waals surface area contributed by atoms with E-state index in [9.17, 15) is 9.59 Å². The van der Waals surface area contributed by atoms with Gasteiger partial charge in [0.15, 0.2) is 18.1 Å². The average molecular weight is 363 g/mol. The van der Waals surface area contributed by atoms with Gasteiger partial charge in [-0.2, -0.15) is 0 Å². The molecule has 0 aliphatic heterocycles. The van der Waals surface area contributed by atoms with Gasteiger partial charge in [0.05, 0.1) is 14.2 Å². The fourth-order valence-electron chi connectivity index (χ4n) is 3.31. The summed E-state index contributed by atoms with van der Waals surface area (Å²) in [4.78, 5) is 26.1. The maximum atomic E-state index is 12.9. The normalized spacial score (nSPS) is 15.5. The Balaban J connectivity index is 2.12. The molecule has 0 saturated heterocycles. The molecule has 1 saturated carbocycles. The lowest BCUT2D eigenvalue weighted by molar-refractivity contribution is -0.142. The van der Waals surface area contributed by atoms with Crippen molar-refractivity contribution < 1.29 is 23.8 Å². The van der Waals surface area contributed by atoms with Gasteiger partial charge in [-0.15, -0.1) is 0 Å². The van der Waals surface area contributed by atoms with Crippen LogP contribution >= 0.6 is 0 Å². The molecule has 0 spiro atoms. The van der Waals surface area contributed by atoms with Crippen molar-refractivity contribution in [3.05, 3.63) is 23.8 Å². The fourth-order valence-corrected chi connectivity index (χ4v) is 3.31. The lowest BCUT2D eigenvalue weighted by atomic mass is 9.95. The van der Waals surface area contributed by atoms with E-state index in [1.165, 1.54) is 46.3 Å². The number of hydrogen-bond acceptors (Lipinski definition) is 5. The van der Waals surface area contributed by atoms with E-state index in [-0.39, 0.29) is 18.6 Å². The van der Waals surface area contributed by atoms with Crippen LogP contribution in [0.5, 0.6) is 11.5 Å². The third kappa shape index (κ3) is 5.38. The molecule has 1 fully saturated rings. The molecule has 1 amide bonds. The van der Waals surface area contributed by atoms with Gasteiger partial charge in [-0.1, -0.05) is 32.1 Å². The summed E-state index contributed by atoms with van der Waals surface area (Å²) in [6.07, 6.45) is 8.20. The highest BCUT2D eigenvalue weighted by atomic mass is 16.6. The van der Waals surface area contributed by atoms with Crippen molar-refractivity contribution in [3.63, 3.8) is 0 Å². The van der Waals surface area contributed by atoms with E-state index < -0.39 is 5.97 Å². The molecule has 0 bridgehead atoms. The van der Waals surface area contributed by atoms with Crippen LogP contribution in [-0.2, 0) is 9.53 Å².